The number of para-hydroxylation sites is 1. The lowest BCUT2D eigenvalue weighted by Crippen LogP contribution is -2.39. The number of amides is 1. The largest absolute Gasteiger partial charge is 0.380 e. The first kappa shape index (κ1) is 16.5. The maximum absolute atomic E-state index is 13.7. The fourth-order valence-electron chi connectivity index (χ4n) is 2.83. The van der Waals surface area contributed by atoms with Gasteiger partial charge in [-0.25, -0.2) is 9.37 Å². The molecule has 0 radical (unpaired) electrons. The molecule has 0 bridgehead atoms. The number of pyridine rings is 1. The Bertz CT molecular complexity index is 747. The second kappa shape index (κ2) is 7.05. The molecule has 2 heterocycles. The SMILES string of the molecule is NC(=O)c1cnc(N2CCC(Nc3ccccc3F)CC2)c(Cl)c1. The summed E-state index contributed by atoms with van der Waals surface area (Å²) < 4.78 is 13.7. The first-order chi connectivity index (χ1) is 11.5. The lowest BCUT2D eigenvalue weighted by atomic mass is 10.0. The molecule has 3 rings (SSSR count). The molecule has 1 aliphatic heterocycles. The highest BCUT2D eigenvalue weighted by Gasteiger charge is 2.22. The number of halogens is 2. The molecule has 1 amide bonds. The number of carbonyl (C=O) groups is 1. The lowest BCUT2D eigenvalue weighted by molar-refractivity contribution is 0.1000. The minimum absolute atomic E-state index is 0.196. The fraction of sp³-hybridized carbons (Fsp3) is 0.294. The van der Waals surface area contributed by atoms with E-state index in [9.17, 15) is 9.18 Å². The van der Waals surface area contributed by atoms with Crippen LogP contribution < -0.4 is 16.0 Å². The van der Waals surface area contributed by atoms with E-state index in [1.54, 1.807) is 12.1 Å². The van der Waals surface area contributed by atoms with E-state index in [4.69, 9.17) is 17.3 Å². The molecule has 0 spiro atoms. The van der Waals surface area contributed by atoms with Crippen molar-refractivity contribution in [3.63, 3.8) is 0 Å². The average Bonchev–Trinajstić information content (AvgIpc) is 2.58. The summed E-state index contributed by atoms with van der Waals surface area (Å²) in [5, 5.41) is 3.65. The molecule has 1 aromatic carbocycles. The number of nitrogens with one attached hydrogen (secondary N) is 1. The van der Waals surface area contributed by atoms with Gasteiger partial charge >= 0.3 is 0 Å². The summed E-state index contributed by atoms with van der Waals surface area (Å²) in [5.74, 6) is -0.151. The maximum Gasteiger partial charge on any atom is 0.250 e. The molecule has 0 aliphatic carbocycles. The Balaban J connectivity index is 1.63. The van der Waals surface area contributed by atoms with E-state index in [1.165, 1.54) is 18.3 Å². The van der Waals surface area contributed by atoms with Gasteiger partial charge < -0.3 is 16.0 Å². The summed E-state index contributed by atoms with van der Waals surface area (Å²) in [5.41, 5.74) is 6.04. The quantitative estimate of drug-likeness (QED) is 0.890. The number of piperidine rings is 1. The van der Waals surface area contributed by atoms with Gasteiger partial charge in [0.15, 0.2) is 0 Å². The van der Waals surface area contributed by atoms with Gasteiger partial charge in [-0.3, -0.25) is 4.79 Å². The van der Waals surface area contributed by atoms with Gasteiger partial charge in [0.25, 0.3) is 0 Å². The van der Waals surface area contributed by atoms with Gasteiger partial charge in [-0.15, -0.1) is 0 Å². The summed E-state index contributed by atoms with van der Waals surface area (Å²) in [6, 6.07) is 8.40. The number of hydrogen-bond acceptors (Lipinski definition) is 4. The summed E-state index contributed by atoms with van der Waals surface area (Å²) in [6.07, 6.45) is 3.11. The summed E-state index contributed by atoms with van der Waals surface area (Å²) in [4.78, 5) is 17.5. The number of anilines is 2. The fourth-order valence-corrected chi connectivity index (χ4v) is 3.12. The first-order valence-corrected chi connectivity index (χ1v) is 8.14. The van der Waals surface area contributed by atoms with E-state index in [-0.39, 0.29) is 11.9 Å². The Morgan fingerprint density at radius 2 is 2.04 bits per heavy atom. The van der Waals surface area contributed by atoms with Crippen LogP contribution in [0.2, 0.25) is 5.02 Å². The maximum atomic E-state index is 13.7. The number of hydrogen-bond donors (Lipinski definition) is 2. The molecule has 5 nitrogen and oxygen atoms in total. The third kappa shape index (κ3) is 3.59. The molecule has 0 saturated carbocycles. The van der Waals surface area contributed by atoms with Gasteiger partial charge in [-0.05, 0) is 31.0 Å². The number of rotatable bonds is 4. The number of nitrogens with two attached hydrogens (primary N) is 1. The lowest BCUT2D eigenvalue weighted by Gasteiger charge is -2.34. The van der Waals surface area contributed by atoms with Crippen LogP contribution >= 0.6 is 11.6 Å². The Morgan fingerprint density at radius 1 is 1.33 bits per heavy atom. The van der Waals surface area contributed by atoms with Crippen molar-refractivity contribution in [2.75, 3.05) is 23.3 Å². The molecule has 1 saturated heterocycles. The monoisotopic (exact) mass is 348 g/mol. The number of benzene rings is 1. The van der Waals surface area contributed by atoms with Crippen molar-refractivity contribution >= 4 is 29.0 Å². The molecule has 1 aromatic heterocycles. The van der Waals surface area contributed by atoms with Crippen molar-refractivity contribution in [1.29, 1.82) is 0 Å². The highest BCUT2D eigenvalue weighted by molar-refractivity contribution is 6.33. The van der Waals surface area contributed by atoms with Crippen LogP contribution in [0.15, 0.2) is 36.5 Å². The third-order valence-electron chi connectivity index (χ3n) is 4.13. The minimum atomic E-state index is -0.552. The highest BCUT2D eigenvalue weighted by Crippen LogP contribution is 2.27. The molecule has 1 fully saturated rings. The second-order valence-corrected chi connectivity index (χ2v) is 6.19. The second-order valence-electron chi connectivity index (χ2n) is 5.78. The molecule has 3 N–H and O–H groups in total. The Morgan fingerprint density at radius 3 is 2.67 bits per heavy atom. The van der Waals surface area contributed by atoms with Crippen LogP contribution in [0.25, 0.3) is 0 Å². The topological polar surface area (TPSA) is 71.2 Å². The van der Waals surface area contributed by atoms with Gasteiger partial charge in [0.1, 0.15) is 11.6 Å². The molecular formula is C17H18ClFN4O. The Kier molecular flexibility index (Phi) is 4.85. The van der Waals surface area contributed by atoms with Crippen molar-refractivity contribution in [2.45, 2.75) is 18.9 Å². The molecule has 7 heteroatoms. The molecule has 0 unspecified atom stereocenters. The number of nitrogens with zero attached hydrogens (tertiary/aromatic N) is 2. The van der Waals surface area contributed by atoms with Crippen LogP contribution in [-0.2, 0) is 0 Å². The van der Waals surface area contributed by atoms with E-state index < -0.39 is 5.91 Å². The number of aromatic nitrogens is 1. The minimum Gasteiger partial charge on any atom is -0.380 e. The van der Waals surface area contributed by atoms with E-state index >= 15 is 0 Å². The van der Waals surface area contributed by atoms with Gasteiger partial charge in [-0.1, -0.05) is 23.7 Å². The van der Waals surface area contributed by atoms with Crippen molar-refractivity contribution < 1.29 is 9.18 Å². The Labute approximate surface area is 144 Å². The first-order valence-electron chi connectivity index (χ1n) is 7.76. The smallest absolute Gasteiger partial charge is 0.250 e. The van der Waals surface area contributed by atoms with Crippen LogP contribution in [0.1, 0.15) is 23.2 Å². The third-order valence-corrected chi connectivity index (χ3v) is 4.41. The van der Waals surface area contributed by atoms with E-state index in [1.807, 2.05) is 6.07 Å². The zero-order valence-corrected chi connectivity index (χ0v) is 13.8. The molecular weight excluding hydrogens is 331 g/mol. The summed E-state index contributed by atoms with van der Waals surface area (Å²) in [7, 11) is 0. The predicted molar refractivity (Wildman–Crippen MR) is 93.0 cm³/mol. The normalized spacial score (nSPS) is 15.3. The molecule has 0 atom stereocenters. The van der Waals surface area contributed by atoms with Crippen LogP contribution in [-0.4, -0.2) is 30.0 Å². The number of primary amides is 1. The number of carbonyl (C=O) groups excluding carboxylic acids is 1. The van der Waals surface area contributed by atoms with E-state index in [0.29, 0.717) is 22.1 Å². The van der Waals surface area contributed by atoms with Crippen LogP contribution in [0.3, 0.4) is 0 Å². The van der Waals surface area contributed by atoms with Crippen LogP contribution in [0.4, 0.5) is 15.9 Å². The van der Waals surface area contributed by atoms with Crippen molar-refractivity contribution in [2.24, 2.45) is 5.73 Å². The van der Waals surface area contributed by atoms with Gasteiger partial charge in [0.05, 0.1) is 16.3 Å². The molecule has 2 aromatic rings. The van der Waals surface area contributed by atoms with Crippen molar-refractivity contribution in [3.05, 3.63) is 52.9 Å². The zero-order valence-electron chi connectivity index (χ0n) is 13.0. The molecule has 1 aliphatic rings. The standard InChI is InChI=1S/C17H18ClFN4O/c18-13-9-11(16(20)24)10-21-17(13)23-7-5-12(6-8-23)22-15-4-2-1-3-14(15)19/h1-4,9-10,12,22H,5-8H2,(H2,20,24). The van der Waals surface area contributed by atoms with E-state index in [0.717, 1.165) is 25.9 Å². The summed E-state index contributed by atoms with van der Waals surface area (Å²) in [6.45, 7) is 1.49. The highest BCUT2D eigenvalue weighted by atomic mass is 35.5. The van der Waals surface area contributed by atoms with Crippen molar-refractivity contribution in [3.8, 4) is 0 Å². The zero-order chi connectivity index (χ0) is 17.1. The summed E-state index contributed by atoms with van der Waals surface area (Å²) >= 11 is 6.22. The van der Waals surface area contributed by atoms with Crippen LogP contribution in [0.5, 0.6) is 0 Å². The predicted octanol–water partition coefficient (Wildman–Crippen LogP) is 3.05. The van der Waals surface area contributed by atoms with Gasteiger partial charge in [0.2, 0.25) is 5.91 Å². The van der Waals surface area contributed by atoms with Crippen molar-refractivity contribution in [1.82, 2.24) is 4.98 Å². The van der Waals surface area contributed by atoms with Gasteiger partial charge in [0, 0.05) is 25.3 Å². The molecule has 24 heavy (non-hydrogen) atoms. The Hall–Kier alpha value is -2.34. The average molecular weight is 349 g/mol. The van der Waals surface area contributed by atoms with Crippen LogP contribution in [0, 0.1) is 5.82 Å². The molecule has 126 valence electrons. The van der Waals surface area contributed by atoms with Gasteiger partial charge in [-0.2, -0.15) is 0 Å². The van der Waals surface area contributed by atoms with E-state index in [2.05, 4.69) is 15.2 Å².